The number of benzene rings is 2. The van der Waals surface area contributed by atoms with Gasteiger partial charge in [0.1, 0.15) is 11.5 Å². The van der Waals surface area contributed by atoms with Crippen molar-refractivity contribution >= 4 is 16.6 Å². The minimum Gasteiger partial charge on any atom is -0.497 e. The molecule has 0 aliphatic heterocycles. The van der Waals surface area contributed by atoms with Gasteiger partial charge in [0.15, 0.2) is 0 Å². The molecule has 0 saturated carbocycles. The predicted molar refractivity (Wildman–Crippen MR) is 114 cm³/mol. The molecular weight excluding hydrogens is 378 g/mol. The third kappa shape index (κ3) is 3.71. The van der Waals surface area contributed by atoms with Crippen molar-refractivity contribution in [3.05, 3.63) is 72.2 Å². The van der Waals surface area contributed by atoms with Gasteiger partial charge in [-0.3, -0.25) is 9.67 Å². The average molecular weight is 397 g/mol. The Morgan fingerprint density at radius 2 is 1.77 bits per heavy atom. The summed E-state index contributed by atoms with van der Waals surface area (Å²) in [6.45, 7) is 0. The summed E-state index contributed by atoms with van der Waals surface area (Å²) in [5.74, 6) is 1.29. The molecule has 7 heteroatoms. The second-order valence-corrected chi connectivity index (χ2v) is 6.65. The molecule has 4 rings (SSSR count). The number of methoxy groups -OCH3 is 2. The van der Waals surface area contributed by atoms with Gasteiger partial charge >= 0.3 is 0 Å². The molecule has 0 spiro atoms. The molecule has 0 saturated heterocycles. The zero-order valence-corrected chi connectivity index (χ0v) is 16.8. The molecule has 0 amide bonds. The van der Waals surface area contributed by atoms with Gasteiger partial charge in [-0.25, -0.2) is 4.98 Å². The molecule has 7 nitrogen and oxygen atoms in total. The number of hydrogen-bond acceptors (Lipinski definition) is 6. The molecule has 2 aromatic heterocycles. The van der Waals surface area contributed by atoms with Gasteiger partial charge in [-0.15, -0.1) is 0 Å². The topological polar surface area (TPSA) is 85.9 Å². The molecule has 2 aromatic carbocycles. The third-order valence-electron chi connectivity index (χ3n) is 4.73. The van der Waals surface area contributed by atoms with Crippen LogP contribution in [-0.4, -0.2) is 34.0 Å². The van der Waals surface area contributed by atoms with Crippen molar-refractivity contribution in [2.75, 3.05) is 14.2 Å². The second-order valence-electron chi connectivity index (χ2n) is 6.65. The van der Waals surface area contributed by atoms with Gasteiger partial charge in [0, 0.05) is 31.0 Å². The SMILES string of the molecule is COc1cc(OC)cc(/C(=C/C#N)c2ccc3ncc(-c4cnn(C)c4)nc3c2)c1. The maximum Gasteiger partial charge on any atom is 0.123 e. The molecule has 0 fully saturated rings. The summed E-state index contributed by atoms with van der Waals surface area (Å²) in [7, 11) is 5.05. The van der Waals surface area contributed by atoms with Crippen molar-refractivity contribution in [3.63, 3.8) is 0 Å². The minimum absolute atomic E-state index is 0.646. The second kappa shape index (κ2) is 8.05. The van der Waals surface area contributed by atoms with Crippen molar-refractivity contribution in [1.29, 1.82) is 5.26 Å². The van der Waals surface area contributed by atoms with E-state index in [4.69, 9.17) is 14.5 Å². The number of nitrogens with zero attached hydrogens (tertiary/aromatic N) is 5. The van der Waals surface area contributed by atoms with E-state index >= 15 is 0 Å². The fourth-order valence-corrected chi connectivity index (χ4v) is 3.23. The predicted octanol–water partition coefficient (Wildman–Crippen LogP) is 4.00. The molecule has 0 aliphatic rings. The van der Waals surface area contributed by atoms with Crippen LogP contribution in [0.25, 0.3) is 27.9 Å². The molecule has 0 N–H and O–H groups in total. The van der Waals surface area contributed by atoms with Gasteiger partial charge in [0.25, 0.3) is 0 Å². The van der Waals surface area contributed by atoms with E-state index in [9.17, 15) is 5.26 Å². The number of allylic oxidation sites excluding steroid dienone is 1. The van der Waals surface area contributed by atoms with Crippen LogP contribution in [0, 0.1) is 11.3 Å². The lowest BCUT2D eigenvalue weighted by molar-refractivity contribution is 0.394. The standard InChI is InChI=1S/C23H19N5O2/c1-28-14-17(12-26-28)23-13-25-21-5-4-15(10-22(21)27-23)20(6-7-24)16-8-18(29-2)11-19(9-16)30-3/h4-6,8-14H,1-3H3/b20-6+. The van der Waals surface area contributed by atoms with E-state index in [0.29, 0.717) is 11.5 Å². The first-order valence-corrected chi connectivity index (χ1v) is 9.20. The summed E-state index contributed by atoms with van der Waals surface area (Å²) in [6.07, 6.45) is 6.89. The van der Waals surface area contributed by atoms with Gasteiger partial charge in [0.05, 0.1) is 49.4 Å². The van der Waals surface area contributed by atoms with Crippen LogP contribution in [0.15, 0.2) is 61.1 Å². The van der Waals surface area contributed by atoms with E-state index < -0.39 is 0 Å². The fraction of sp³-hybridized carbons (Fsp3) is 0.130. The number of rotatable bonds is 5. The zero-order chi connectivity index (χ0) is 21.1. The van der Waals surface area contributed by atoms with Crippen LogP contribution < -0.4 is 9.47 Å². The maximum atomic E-state index is 9.39. The van der Waals surface area contributed by atoms with Crippen LogP contribution in [0.4, 0.5) is 0 Å². The number of fused-ring (bicyclic) bond motifs is 1. The molecular formula is C23H19N5O2. The van der Waals surface area contributed by atoms with Crippen LogP contribution >= 0.6 is 0 Å². The van der Waals surface area contributed by atoms with Crippen molar-refractivity contribution in [3.8, 4) is 28.8 Å². The third-order valence-corrected chi connectivity index (χ3v) is 4.73. The molecule has 0 unspecified atom stereocenters. The van der Waals surface area contributed by atoms with Crippen molar-refractivity contribution in [2.45, 2.75) is 0 Å². The Hall–Kier alpha value is -4.18. The van der Waals surface area contributed by atoms with E-state index in [-0.39, 0.29) is 0 Å². The van der Waals surface area contributed by atoms with Crippen molar-refractivity contribution < 1.29 is 9.47 Å². The molecule has 30 heavy (non-hydrogen) atoms. The van der Waals surface area contributed by atoms with Gasteiger partial charge in [-0.2, -0.15) is 10.4 Å². The quantitative estimate of drug-likeness (QED) is 0.473. The molecule has 0 radical (unpaired) electrons. The Labute approximate surface area is 173 Å². The maximum absolute atomic E-state index is 9.39. The van der Waals surface area contributed by atoms with E-state index in [1.807, 2.05) is 43.6 Å². The lowest BCUT2D eigenvalue weighted by Crippen LogP contribution is -1.94. The average Bonchev–Trinajstić information content (AvgIpc) is 3.22. The Bertz CT molecular complexity index is 1280. The Kier molecular flexibility index (Phi) is 5.14. The number of aryl methyl sites for hydroxylation is 1. The highest BCUT2D eigenvalue weighted by Gasteiger charge is 2.12. The monoisotopic (exact) mass is 397 g/mol. The Morgan fingerprint density at radius 1 is 1.00 bits per heavy atom. The molecule has 148 valence electrons. The highest BCUT2D eigenvalue weighted by molar-refractivity contribution is 5.88. The molecule has 0 bridgehead atoms. The Balaban J connectivity index is 1.83. The molecule has 0 aliphatic carbocycles. The van der Waals surface area contributed by atoms with E-state index in [1.54, 1.807) is 37.4 Å². The number of nitriles is 1. The first-order chi connectivity index (χ1) is 14.6. The first-order valence-electron chi connectivity index (χ1n) is 9.20. The fourth-order valence-electron chi connectivity index (χ4n) is 3.23. The minimum atomic E-state index is 0.646. The van der Waals surface area contributed by atoms with E-state index in [1.165, 1.54) is 6.08 Å². The lowest BCUT2D eigenvalue weighted by atomic mass is 9.96. The molecule has 2 heterocycles. The molecule has 0 atom stereocenters. The zero-order valence-electron chi connectivity index (χ0n) is 16.8. The summed E-state index contributed by atoms with van der Waals surface area (Å²) in [4.78, 5) is 9.26. The summed E-state index contributed by atoms with van der Waals surface area (Å²) >= 11 is 0. The normalized spacial score (nSPS) is 11.3. The van der Waals surface area contributed by atoms with Gasteiger partial charge in [-0.1, -0.05) is 6.07 Å². The van der Waals surface area contributed by atoms with Gasteiger partial charge in [-0.05, 0) is 41.0 Å². The first kappa shape index (κ1) is 19.2. The molecule has 4 aromatic rings. The number of hydrogen-bond donors (Lipinski definition) is 0. The summed E-state index contributed by atoms with van der Waals surface area (Å²) in [6, 6.07) is 13.4. The Morgan fingerprint density at radius 3 is 2.40 bits per heavy atom. The summed E-state index contributed by atoms with van der Waals surface area (Å²) in [5, 5.41) is 13.6. The number of aromatic nitrogens is 4. The lowest BCUT2D eigenvalue weighted by Gasteiger charge is -2.12. The van der Waals surface area contributed by atoms with Crippen LogP contribution in [0.2, 0.25) is 0 Å². The smallest absolute Gasteiger partial charge is 0.123 e. The van der Waals surface area contributed by atoms with Crippen LogP contribution in [0.5, 0.6) is 11.5 Å². The summed E-state index contributed by atoms with van der Waals surface area (Å²) < 4.78 is 12.5. The van der Waals surface area contributed by atoms with E-state index in [2.05, 4.69) is 16.2 Å². The van der Waals surface area contributed by atoms with Crippen LogP contribution in [0.1, 0.15) is 11.1 Å². The highest BCUT2D eigenvalue weighted by atomic mass is 16.5. The summed E-state index contributed by atoms with van der Waals surface area (Å²) in [5.41, 5.74) is 5.52. The number of ether oxygens (including phenoxy) is 2. The largest absolute Gasteiger partial charge is 0.497 e. The van der Waals surface area contributed by atoms with Gasteiger partial charge in [0.2, 0.25) is 0 Å². The highest BCUT2D eigenvalue weighted by Crippen LogP contribution is 2.32. The van der Waals surface area contributed by atoms with Crippen molar-refractivity contribution in [2.24, 2.45) is 7.05 Å². The van der Waals surface area contributed by atoms with E-state index in [0.717, 1.165) is 39.0 Å². The van der Waals surface area contributed by atoms with Crippen LogP contribution in [-0.2, 0) is 7.05 Å². The van der Waals surface area contributed by atoms with Crippen molar-refractivity contribution in [1.82, 2.24) is 19.7 Å². The van der Waals surface area contributed by atoms with Gasteiger partial charge < -0.3 is 9.47 Å². The van der Waals surface area contributed by atoms with Crippen LogP contribution in [0.3, 0.4) is 0 Å².